The van der Waals surface area contributed by atoms with Crippen LogP contribution in [-0.4, -0.2) is 32.5 Å². The number of hydrogen-bond donors (Lipinski definition) is 1. The molecule has 0 amide bonds. The number of nitrogens with zero attached hydrogens (tertiary/aromatic N) is 1. The first-order valence-corrected chi connectivity index (χ1v) is 7.17. The third-order valence-corrected chi connectivity index (χ3v) is 3.93. The van der Waals surface area contributed by atoms with E-state index in [1.165, 1.54) is 31.6 Å². The highest BCUT2D eigenvalue weighted by Crippen LogP contribution is 2.22. The molecule has 0 fully saturated rings. The van der Waals surface area contributed by atoms with E-state index in [0.717, 1.165) is 0 Å². The van der Waals surface area contributed by atoms with Crippen LogP contribution < -0.4 is 4.72 Å². The normalized spacial score (nSPS) is 13.9. The number of sulfonamides is 1. The zero-order chi connectivity index (χ0) is 14.7. The van der Waals surface area contributed by atoms with Crippen molar-refractivity contribution in [1.29, 1.82) is 0 Å². The van der Waals surface area contributed by atoms with Crippen LogP contribution in [0.25, 0.3) is 0 Å². The van der Waals surface area contributed by atoms with Crippen molar-refractivity contribution in [2.24, 2.45) is 5.41 Å². The van der Waals surface area contributed by atoms with Crippen LogP contribution in [0.1, 0.15) is 20.8 Å². The summed E-state index contributed by atoms with van der Waals surface area (Å²) in [4.78, 5) is 15.5. The van der Waals surface area contributed by atoms with Crippen molar-refractivity contribution in [2.45, 2.75) is 31.7 Å². The minimum atomic E-state index is -3.81. The largest absolute Gasteiger partial charge is 0.468 e. The van der Waals surface area contributed by atoms with E-state index in [9.17, 15) is 13.2 Å². The topological polar surface area (TPSA) is 85.4 Å². The fourth-order valence-electron chi connectivity index (χ4n) is 1.43. The van der Waals surface area contributed by atoms with Crippen LogP contribution >= 0.6 is 0 Å². The quantitative estimate of drug-likeness (QED) is 0.833. The molecule has 19 heavy (non-hydrogen) atoms. The zero-order valence-corrected chi connectivity index (χ0v) is 12.2. The Morgan fingerprint density at radius 1 is 1.42 bits per heavy atom. The molecule has 0 radical (unpaired) electrons. The Morgan fingerprint density at radius 2 is 2.05 bits per heavy atom. The van der Waals surface area contributed by atoms with Crippen molar-refractivity contribution in [2.75, 3.05) is 7.11 Å². The van der Waals surface area contributed by atoms with Gasteiger partial charge in [-0.15, -0.1) is 0 Å². The van der Waals surface area contributed by atoms with Gasteiger partial charge in [-0.05, 0) is 17.5 Å². The summed E-state index contributed by atoms with van der Waals surface area (Å²) < 4.78 is 31.3. The molecule has 6 nitrogen and oxygen atoms in total. The molecule has 1 aromatic heterocycles. The fourth-order valence-corrected chi connectivity index (χ4v) is 2.78. The Labute approximate surface area is 113 Å². The van der Waals surface area contributed by atoms with Gasteiger partial charge in [0.15, 0.2) is 0 Å². The van der Waals surface area contributed by atoms with Gasteiger partial charge in [0, 0.05) is 12.4 Å². The molecule has 0 aliphatic carbocycles. The Morgan fingerprint density at radius 3 is 2.47 bits per heavy atom. The number of rotatable bonds is 4. The van der Waals surface area contributed by atoms with E-state index in [0.29, 0.717) is 0 Å². The lowest BCUT2D eigenvalue weighted by Gasteiger charge is -2.28. The first-order valence-electron chi connectivity index (χ1n) is 5.68. The molecule has 1 atom stereocenters. The SMILES string of the molecule is COC(=O)[C@H](NS(=O)(=O)c1cccnc1)C(C)(C)C. The van der Waals surface area contributed by atoms with Crippen molar-refractivity contribution in [3.05, 3.63) is 24.5 Å². The lowest BCUT2D eigenvalue weighted by atomic mass is 9.87. The predicted octanol–water partition coefficient (Wildman–Crippen LogP) is 0.948. The van der Waals surface area contributed by atoms with E-state index < -0.39 is 27.4 Å². The molecule has 0 spiro atoms. The summed E-state index contributed by atoms with van der Waals surface area (Å²) in [5.74, 6) is -0.625. The van der Waals surface area contributed by atoms with Gasteiger partial charge in [0.05, 0.1) is 7.11 Å². The Balaban J connectivity index is 3.07. The average molecular weight is 286 g/mol. The lowest BCUT2D eigenvalue weighted by molar-refractivity contribution is -0.145. The van der Waals surface area contributed by atoms with Gasteiger partial charge >= 0.3 is 5.97 Å². The molecule has 0 saturated carbocycles. The molecule has 1 rings (SSSR count). The molecule has 0 unspecified atom stereocenters. The third kappa shape index (κ3) is 4.00. The van der Waals surface area contributed by atoms with Gasteiger partial charge in [-0.1, -0.05) is 20.8 Å². The number of ether oxygens (including phenoxy) is 1. The molecule has 1 heterocycles. The summed E-state index contributed by atoms with van der Waals surface area (Å²) in [6.45, 7) is 5.25. The highest BCUT2D eigenvalue weighted by molar-refractivity contribution is 7.89. The first kappa shape index (κ1) is 15.6. The summed E-state index contributed by atoms with van der Waals surface area (Å²) in [7, 11) is -2.59. The van der Waals surface area contributed by atoms with Crippen LogP contribution in [0.2, 0.25) is 0 Å². The predicted molar refractivity (Wildman–Crippen MR) is 69.8 cm³/mol. The molecule has 106 valence electrons. The van der Waals surface area contributed by atoms with Crippen LogP contribution in [0.5, 0.6) is 0 Å². The van der Waals surface area contributed by atoms with Crippen LogP contribution in [-0.2, 0) is 19.6 Å². The second-order valence-corrected chi connectivity index (χ2v) is 6.85. The molecule has 1 N–H and O–H groups in total. The molecular formula is C12H18N2O4S. The molecule has 7 heteroatoms. The molecule has 0 aromatic carbocycles. The lowest BCUT2D eigenvalue weighted by Crippen LogP contribution is -2.49. The number of hydrogen-bond acceptors (Lipinski definition) is 5. The van der Waals surface area contributed by atoms with Crippen LogP contribution in [0.15, 0.2) is 29.4 Å². The number of nitrogens with one attached hydrogen (secondary N) is 1. The van der Waals surface area contributed by atoms with E-state index in [1.807, 2.05) is 0 Å². The van der Waals surface area contributed by atoms with Crippen LogP contribution in [0.3, 0.4) is 0 Å². The molecule has 0 aliphatic heterocycles. The maximum Gasteiger partial charge on any atom is 0.324 e. The van der Waals surface area contributed by atoms with Gasteiger partial charge in [0.25, 0.3) is 0 Å². The van der Waals surface area contributed by atoms with Gasteiger partial charge in [-0.2, -0.15) is 4.72 Å². The summed E-state index contributed by atoms with van der Waals surface area (Å²) in [6, 6.07) is 1.95. The van der Waals surface area contributed by atoms with Gasteiger partial charge in [-0.3, -0.25) is 9.78 Å². The Kier molecular flexibility index (Phi) is 4.65. The van der Waals surface area contributed by atoms with Gasteiger partial charge < -0.3 is 4.74 Å². The van der Waals surface area contributed by atoms with Gasteiger partial charge in [-0.25, -0.2) is 8.42 Å². The number of carbonyl (C=O) groups excluding carboxylic acids is 1. The first-order chi connectivity index (χ1) is 8.68. The molecular weight excluding hydrogens is 268 g/mol. The van der Waals surface area contributed by atoms with Crippen molar-refractivity contribution in [1.82, 2.24) is 9.71 Å². The minimum Gasteiger partial charge on any atom is -0.468 e. The third-order valence-electron chi connectivity index (χ3n) is 2.52. The average Bonchev–Trinajstić information content (AvgIpc) is 2.35. The van der Waals surface area contributed by atoms with E-state index in [-0.39, 0.29) is 4.90 Å². The van der Waals surface area contributed by atoms with E-state index in [1.54, 1.807) is 20.8 Å². The molecule has 0 bridgehead atoms. The highest BCUT2D eigenvalue weighted by atomic mass is 32.2. The standard InChI is InChI=1S/C12H18N2O4S/c1-12(2,3)10(11(15)18-4)14-19(16,17)9-6-5-7-13-8-9/h5-8,10,14H,1-4H3/t10-/m0/s1. The highest BCUT2D eigenvalue weighted by Gasteiger charge is 2.36. The summed E-state index contributed by atoms with van der Waals surface area (Å²) >= 11 is 0. The number of pyridine rings is 1. The smallest absolute Gasteiger partial charge is 0.324 e. The van der Waals surface area contributed by atoms with Gasteiger partial charge in [0.1, 0.15) is 10.9 Å². The second-order valence-electron chi connectivity index (χ2n) is 5.13. The summed E-state index contributed by atoms with van der Waals surface area (Å²) in [6.07, 6.45) is 2.69. The molecule has 1 aromatic rings. The number of carbonyl (C=O) groups is 1. The molecule has 0 saturated heterocycles. The van der Waals surface area contributed by atoms with Crippen molar-refractivity contribution >= 4 is 16.0 Å². The minimum absolute atomic E-state index is 0.00755. The summed E-state index contributed by atoms with van der Waals surface area (Å²) in [5, 5.41) is 0. The van der Waals surface area contributed by atoms with Gasteiger partial charge in [0.2, 0.25) is 10.0 Å². The van der Waals surface area contributed by atoms with E-state index in [2.05, 4.69) is 14.4 Å². The second kappa shape index (κ2) is 5.66. The maximum absolute atomic E-state index is 12.2. The molecule has 0 aliphatic rings. The van der Waals surface area contributed by atoms with Crippen LogP contribution in [0.4, 0.5) is 0 Å². The van der Waals surface area contributed by atoms with E-state index >= 15 is 0 Å². The fraction of sp³-hybridized carbons (Fsp3) is 0.500. The zero-order valence-electron chi connectivity index (χ0n) is 11.4. The number of methoxy groups -OCH3 is 1. The monoisotopic (exact) mass is 286 g/mol. The van der Waals surface area contributed by atoms with Crippen molar-refractivity contribution in [3.63, 3.8) is 0 Å². The summed E-state index contributed by atoms with van der Waals surface area (Å²) in [5.41, 5.74) is -0.609. The number of aromatic nitrogens is 1. The van der Waals surface area contributed by atoms with E-state index in [4.69, 9.17) is 0 Å². The Bertz CT molecular complexity index is 535. The van der Waals surface area contributed by atoms with Crippen molar-refractivity contribution in [3.8, 4) is 0 Å². The number of esters is 1. The van der Waals surface area contributed by atoms with Crippen LogP contribution in [0, 0.1) is 5.41 Å². The van der Waals surface area contributed by atoms with Crippen molar-refractivity contribution < 1.29 is 17.9 Å². The maximum atomic E-state index is 12.2. The Hall–Kier alpha value is -1.47.